The van der Waals surface area contributed by atoms with Crippen LogP contribution >= 0.6 is 11.6 Å². The fourth-order valence-corrected chi connectivity index (χ4v) is 2.92. The zero-order chi connectivity index (χ0) is 16.6. The third kappa shape index (κ3) is 2.82. The van der Waals surface area contributed by atoms with Gasteiger partial charge < -0.3 is 9.67 Å². The fourth-order valence-electron chi connectivity index (χ4n) is 2.67. The molecule has 118 valence electrons. The summed E-state index contributed by atoms with van der Waals surface area (Å²) in [4.78, 5) is 16.7. The molecular weight excluding hydrogens is 312 g/mol. The molecule has 1 N–H and O–H groups in total. The number of carbonyl (C=O) groups is 1. The molecule has 1 heterocycles. The third-order valence-corrected chi connectivity index (χ3v) is 4.46. The summed E-state index contributed by atoms with van der Waals surface area (Å²) in [7, 11) is 1.91. The van der Waals surface area contributed by atoms with E-state index in [1.54, 1.807) is 24.3 Å². The van der Waals surface area contributed by atoms with Crippen molar-refractivity contribution >= 4 is 28.4 Å². The van der Waals surface area contributed by atoms with E-state index in [2.05, 4.69) is 4.98 Å². The van der Waals surface area contributed by atoms with Crippen LogP contribution in [0.3, 0.4) is 0 Å². The minimum Gasteiger partial charge on any atom is -0.505 e. The lowest BCUT2D eigenvalue weighted by atomic mass is 10.0. The van der Waals surface area contributed by atoms with Gasteiger partial charge in [0.15, 0.2) is 5.78 Å². The molecule has 0 saturated heterocycles. The van der Waals surface area contributed by atoms with Crippen LogP contribution in [0.15, 0.2) is 36.4 Å². The molecule has 0 spiro atoms. The lowest BCUT2D eigenvalue weighted by Gasteiger charge is -2.06. The summed E-state index contributed by atoms with van der Waals surface area (Å²) in [6, 6.07) is 10.8. The van der Waals surface area contributed by atoms with Crippen LogP contribution in [0.2, 0.25) is 5.02 Å². The number of benzene rings is 2. The molecule has 4 nitrogen and oxygen atoms in total. The van der Waals surface area contributed by atoms with Crippen molar-refractivity contribution in [2.75, 3.05) is 0 Å². The number of Topliss-reactive ketones (excluding diaryl/α,β-unsaturated/α-hetero) is 1. The average Bonchev–Trinajstić information content (AvgIpc) is 2.83. The van der Waals surface area contributed by atoms with Crippen molar-refractivity contribution in [2.24, 2.45) is 7.05 Å². The van der Waals surface area contributed by atoms with Gasteiger partial charge in [-0.2, -0.15) is 0 Å². The van der Waals surface area contributed by atoms with Crippen LogP contribution in [-0.4, -0.2) is 20.4 Å². The van der Waals surface area contributed by atoms with Crippen LogP contribution in [0.25, 0.3) is 11.0 Å². The molecule has 0 saturated carbocycles. The Morgan fingerprint density at radius 1 is 1.26 bits per heavy atom. The van der Waals surface area contributed by atoms with E-state index in [1.165, 1.54) is 0 Å². The zero-order valence-corrected chi connectivity index (χ0v) is 13.8. The normalized spacial score (nSPS) is 11.1. The number of aromatic nitrogens is 2. The second-order valence-corrected chi connectivity index (χ2v) is 5.97. The molecule has 1 aromatic heterocycles. The van der Waals surface area contributed by atoms with Gasteiger partial charge >= 0.3 is 0 Å². The Hall–Kier alpha value is -2.33. The summed E-state index contributed by atoms with van der Waals surface area (Å²) in [6.45, 7) is 1.89. The van der Waals surface area contributed by atoms with Gasteiger partial charge in [0, 0.05) is 19.0 Å². The predicted octanol–water partition coefficient (Wildman–Crippen LogP) is 4.06. The van der Waals surface area contributed by atoms with Crippen LogP contribution in [-0.2, 0) is 13.5 Å². The molecule has 0 unspecified atom stereocenters. The highest BCUT2D eigenvalue weighted by atomic mass is 35.5. The Morgan fingerprint density at radius 3 is 2.74 bits per heavy atom. The number of phenolic OH excluding ortho intramolecular Hbond substituents is 1. The molecule has 3 aromatic rings. The molecule has 0 fully saturated rings. The second kappa shape index (κ2) is 6.05. The summed E-state index contributed by atoms with van der Waals surface area (Å²) >= 11 is 6.05. The van der Waals surface area contributed by atoms with Crippen LogP contribution < -0.4 is 0 Å². The van der Waals surface area contributed by atoms with E-state index in [4.69, 9.17) is 11.6 Å². The Morgan fingerprint density at radius 2 is 2.00 bits per heavy atom. The van der Waals surface area contributed by atoms with Crippen LogP contribution in [0, 0.1) is 6.92 Å². The quantitative estimate of drug-likeness (QED) is 0.735. The number of phenols is 1. The predicted molar refractivity (Wildman–Crippen MR) is 91.2 cm³/mol. The van der Waals surface area contributed by atoms with Crippen molar-refractivity contribution in [3.63, 3.8) is 0 Å². The second-order valence-electron chi connectivity index (χ2n) is 5.56. The lowest BCUT2D eigenvalue weighted by Crippen LogP contribution is -2.02. The molecule has 0 aliphatic rings. The van der Waals surface area contributed by atoms with Crippen LogP contribution in [0.4, 0.5) is 0 Å². The van der Waals surface area contributed by atoms with Gasteiger partial charge in [0.2, 0.25) is 0 Å². The van der Waals surface area contributed by atoms with Crippen LogP contribution in [0.1, 0.15) is 28.2 Å². The van der Waals surface area contributed by atoms with Crippen molar-refractivity contribution in [2.45, 2.75) is 19.8 Å². The number of ketones is 1. The van der Waals surface area contributed by atoms with E-state index in [1.807, 2.05) is 30.7 Å². The topological polar surface area (TPSA) is 55.1 Å². The molecular formula is C18H17ClN2O2. The molecule has 23 heavy (non-hydrogen) atoms. The smallest absolute Gasteiger partial charge is 0.164 e. The maximum atomic E-state index is 12.3. The summed E-state index contributed by atoms with van der Waals surface area (Å²) in [6.07, 6.45) is 0.732. The van der Waals surface area contributed by atoms with Gasteiger partial charge in [-0.05, 0) is 37.1 Å². The van der Waals surface area contributed by atoms with Gasteiger partial charge in [0.25, 0.3) is 0 Å². The largest absolute Gasteiger partial charge is 0.505 e. The van der Waals surface area contributed by atoms with Gasteiger partial charge in [-0.25, -0.2) is 4.98 Å². The molecule has 0 atom stereocenters. The maximum Gasteiger partial charge on any atom is 0.164 e. The van der Waals surface area contributed by atoms with Gasteiger partial charge in [-0.1, -0.05) is 29.8 Å². The number of hydrogen-bond acceptors (Lipinski definition) is 3. The monoisotopic (exact) mass is 328 g/mol. The molecule has 3 rings (SSSR count). The Balaban J connectivity index is 1.84. The van der Waals surface area contributed by atoms with Gasteiger partial charge in [-0.15, -0.1) is 0 Å². The molecule has 0 radical (unpaired) electrons. The highest BCUT2D eigenvalue weighted by Crippen LogP contribution is 2.29. The van der Waals surface area contributed by atoms with Crippen molar-refractivity contribution in [3.8, 4) is 5.75 Å². The van der Waals surface area contributed by atoms with E-state index in [9.17, 15) is 9.90 Å². The SMILES string of the molecule is Cc1nc2c(O)c(CCC(=O)c3ccccc3Cl)ccc2n1C. The number of fused-ring (bicyclic) bond motifs is 1. The third-order valence-electron chi connectivity index (χ3n) is 4.13. The number of imidazole rings is 1. The van der Waals surface area contributed by atoms with E-state index in [0.29, 0.717) is 22.5 Å². The first-order valence-corrected chi connectivity index (χ1v) is 7.78. The first-order chi connectivity index (χ1) is 11.0. The molecule has 0 aliphatic heterocycles. The number of aryl methyl sites for hydroxylation is 3. The molecule has 0 amide bonds. The number of aromatic hydroxyl groups is 1. The van der Waals surface area contributed by atoms with Crippen molar-refractivity contribution < 1.29 is 9.90 Å². The van der Waals surface area contributed by atoms with E-state index < -0.39 is 0 Å². The number of carbonyl (C=O) groups excluding carboxylic acids is 1. The minimum absolute atomic E-state index is 0.0349. The molecule has 2 aromatic carbocycles. The highest BCUT2D eigenvalue weighted by molar-refractivity contribution is 6.33. The average molecular weight is 329 g/mol. The van der Waals surface area contributed by atoms with Crippen molar-refractivity contribution in [1.82, 2.24) is 9.55 Å². The van der Waals surface area contributed by atoms with E-state index in [0.717, 1.165) is 16.9 Å². The molecule has 5 heteroatoms. The van der Waals surface area contributed by atoms with Crippen LogP contribution in [0.5, 0.6) is 5.75 Å². The number of nitrogens with zero attached hydrogens (tertiary/aromatic N) is 2. The Labute approximate surface area is 139 Å². The van der Waals surface area contributed by atoms with Gasteiger partial charge in [0.05, 0.1) is 10.5 Å². The first-order valence-electron chi connectivity index (χ1n) is 7.40. The summed E-state index contributed by atoms with van der Waals surface area (Å²) < 4.78 is 1.92. The van der Waals surface area contributed by atoms with Crippen molar-refractivity contribution in [3.05, 3.63) is 58.4 Å². The first kappa shape index (κ1) is 15.6. The van der Waals surface area contributed by atoms with E-state index in [-0.39, 0.29) is 18.0 Å². The van der Waals surface area contributed by atoms with Gasteiger partial charge in [0.1, 0.15) is 17.1 Å². The summed E-state index contributed by atoms with van der Waals surface area (Å²) in [5.41, 5.74) is 2.69. The van der Waals surface area contributed by atoms with E-state index >= 15 is 0 Å². The number of hydrogen-bond donors (Lipinski definition) is 1. The standard InChI is InChI=1S/C18H17ClN2O2/c1-11-20-17-15(21(11)2)9-7-12(18(17)23)8-10-16(22)13-5-3-4-6-14(13)19/h3-7,9,23H,8,10H2,1-2H3. The summed E-state index contributed by atoms with van der Waals surface area (Å²) in [5.74, 6) is 0.949. The number of halogens is 1. The lowest BCUT2D eigenvalue weighted by molar-refractivity contribution is 0.0983. The Bertz CT molecular complexity index is 899. The maximum absolute atomic E-state index is 12.3. The van der Waals surface area contributed by atoms with Crippen molar-refractivity contribution in [1.29, 1.82) is 0 Å². The number of rotatable bonds is 4. The minimum atomic E-state index is -0.0349. The highest BCUT2D eigenvalue weighted by Gasteiger charge is 2.15. The fraction of sp³-hybridized carbons (Fsp3) is 0.222. The van der Waals surface area contributed by atoms with Gasteiger partial charge in [-0.3, -0.25) is 4.79 Å². The Kier molecular flexibility index (Phi) is 4.09. The zero-order valence-electron chi connectivity index (χ0n) is 13.0. The summed E-state index contributed by atoms with van der Waals surface area (Å²) in [5, 5.41) is 10.9. The molecule has 0 bridgehead atoms. The molecule has 0 aliphatic carbocycles.